The molecule has 1 aromatic carbocycles. The molecule has 146 valence electrons. The molecule has 0 radical (unpaired) electrons. The summed E-state index contributed by atoms with van der Waals surface area (Å²) in [5, 5.41) is 10.4. The van der Waals surface area contributed by atoms with E-state index in [0.717, 1.165) is 6.42 Å². The van der Waals surface area contributed by atoms with Gasteiger partial charge in [-0.2, -0.15) is 5.10 Å². The molecule has 8 nitrogen and oxygen atoms in total. The Labute approximate surface area is 166 Å². The minimum atomic E-state index is -0.422. The maximum absolute atomic E-state index is 12.9. The van der Waals surface area contributed by atoms with E-state index in [1.54, 1.807) is 36.9 Å². The molecule has 1 fully saturated rings. The van der Waals surface area contributed by atoms with E-state index in [1.165, 1.54) is 4.68 Å². The van der Waals surface area contributed by atoms with Crippen molar-refractivity contribution in [2.75, 3.05) is 17.2 Å². The Morgan fingerprint density at radius 2 is 2.14 bits per heavy atom. The van der Waals surface area contributed by atoms with Crippen molar-refractivity contribution < 1.29 is 14.4 Å². The van der Waals surface area contributed by atoms with Gasteiger partial charge in [-0.1, -0.05) is 11.6 Å². The Kier molecular flexibility index (Phi) is 4.58. The van der Waals surface area contributed by atoms with Crippen LogP contribution in [-0.2, 0) is 16.1 Å². The SMILES string of the molecule is Cc1nn(CC(=O)Nc2ccc3c(c2)C(=O)N2CCC[C@H]2C(=O)N3)c(C)c1Cl. The highest BCUT2D eigenvalue weighted by Crippen LogP contribution is 2.30. The number of halogens is 1. The number of carbonyl (C=O) groups is 3. The smallest absolute Gasteiger partial charge is 0.256 e. The normalized spacial score (nSPS) is 18.4. The third-order valence-corrected chi connectivity index (χ3v) is 5.74. The predicted octanol–water partition coefficient (Wildman–Crippen LogP) is 2.35. The molecule has 0 unspecified atom stereocenters. The van der Waals surface area contributed by atoms with Gasteiger partial charge in [0.15, 0.2) is 0 Å². The van der Waals surface area contributed by atoms with Gasteiger partial charge in [-0.25, -0.2) is 0 Å². The van der Waals surface area contributed by atoms with Crippen molar-refractivity contribution in [3.63, 3.8) is 0 Å². The van der Waals surface area contributed by atoms with Gasteiger partial charge in [-0.05, 0) is 44.9 Å². The van der Waals surface area contributed by atoms with Crippen molar-refractivity contribution in [2.24, 2.45) is 0 Å². The topological polar surface area (TPSA) is 96.3 Å². The number of nitrogens with one attached hydrogen (secondary N) is 2. The van der Waals surface area contributed by atoms with Crippen LogP contribution >= 0.6 is 11.6 Å². The van der Waals surface area contributed by atoms with Crippen LogP contribution in [0.3, 0.4) is 0 Å². The Morgan fingerprint density at radius 3 is 2.86 bits per heavy atom. The van der Waals surface area contributed by atoms with Crippen LogP contribution in [-0.4, -0.2) is 45.0 Å². The molecule has 9 heteroatoms. The molecular formula is C19H20ClN5O3. The van der Waals surface area contributed by atoms with Gasteiger partial charge in [0, 0.05) is 12.2 Å². The lowest BCUT2D eigenvalue weighted by molar-refractivity contribution is -0.119. The molecule has 0 aliphatic carbocycles. The largest absolute Gasteiger partial charge is 0.327 e. The minimum Gasteiger partial charge on any atom is -0.327 e. The van der Waals surface area contributed by atoms with E-state index >= 15 is 0 Å². The summed E-state index contributed by atoms with van der Waals surface area (Å²) in [5.41, 5.74) is 2.71. The lowest BCUT2D eigenvalue weighted by Crippen LogP contribution is -2.40. The average Bonchev–Trinajstić information content (AvgIpc) is 3.21. The number of aryl methyl sites for hydroxylation is 1. The number of hydrogen-bond donors (Lipinski definition) is 2. The third-order valence-electron chi connectivity index (χ3n) is 5.19. The van der Waals surface area contributed by atoms with Crippen LogP contribution in [0.2, 0.25) is 5.02 Å². The molecule has 3 amide bonds. The van der Waals surface area contributed by atoms with Crippen LogP contribution in [0.25, 0.3) is 0 Å². The fourth-order valence-electron chi connectivity index (χ4n) is 3.73. The first-order chi connectivity index (χ1) is 13.3. The molecular weight excluding hydrogens is 382 g/mol. The summed E-state index contributed by atoms with van der Waals surface area (Å²) in [7, 11) is 0. The van der Waals surface area contributed by atoms with Crippen LogP contribution < -0.4 is 10.6 Å². The van der Waals surface area contributed by atoms with E-state index in [1.807, 2.05) is 0 Å². The second-order valence-electron chi connectivity index (χ2n) is 7.10. The molecule has 1 atom stereocenters. The van der Waals surface area contributed by atoms with Crippen LogP contribution in [0.5, 0.6) is 0 Å². The summed E-state index contributed by atoms with van der Waals surface area (Å²) in [5.74, 6) is -0.647. The molecule has 0 spiro atoms. The van der Waals surface area contributed by atoms with Crippen LogP contribution in [0.1, 0.15) is 34.6 Å². The molecule has 2 aromatic rings. The van der Waals surface area contributed by atoms with Crippen molar-refractivity contribution >= 4 is 40.7 Å². The number of nitrogens with zero attached hydrogens (tertiary/aromatic N) is 3. The van der Waals surface area contributed by atoms with Gasteiger partial charge in [0.05, 0.1) is 27.7 Å². The van der Waals surface area contributed by atoms with Crippen molar-refractivity contribution in [3.05, 3.63) is 40.2 Å². The molecule has 1 saturated heterocycles. The van der Waals surface area contributed by atoms with Gasteiger partial charge in [-0.15, -0.1) is 0 Å². The van der Waals surface area contributed by atoms with E-state index in [4.69, 9.17) is 11.6 Å². The number of hydrogen-bond acceptors (Lipinski definition) is 4. The first-order valence-corrected chi connectivity index (χ1v) is 9.48. The Morgan fingerprint density at radius 1 is 1.36 bits per heavy atom. The fraction of sp³-hybridized carbons (Fsp3) is 0.368. The lowest BCUT2D eigenvalue weighted by Gasteiger charge is -2.20. The maximum atomic E-state index is 12.9. The Hall–Kier alpha value is -2.87. The number of carbonyl (C=O) groups excluding carboxylic acids is 3. The monoisotopic (exact) mass is 401 g/mol. The molecule has 4 rings (SSSR count). The molecule has 2 aliphatic rings. The molecule has 3 heterocycles. The molecule has 2 N–H and O–H groups in total. The van der Waals surface area contributed by atoms with Crippen LogP contribution in [0, 0.1) is 13.8 Å². The van der Waals surface area contributed by atoms with Crippen molar-refractivity contribution in [1.82, 2.24) is 14.7 Å². The van der Waals surface area contributed by atoms with E-state index in [2.05, 4.69) is 15.7 Å². The van der Waals surface area contributed by atoms with Gasteiger partial charge in [0.1, 0.15) is 12.6 Å². The van der Waals surface area contributed by atoms with E-state index in [0.29, 0.717) is 46.3 Å². The zero-order valence-electron chi connectivity index (χ0n) is 15.6. The van der Waals surface area contributed by atoms with Crippen LogP contribution in [0.4, 0.5) is 11.4 Å². The Balaban J connectivity index is 1.55. The van der Waals surface area contributed by atoms with Crippen molar-refractivity contribution in [2.45, 2.75) is 39.3 Å². The highest BCUT2D eigenvalue weighted by atomic mass is 35.5. The number of aromatic nitrogens is 2. The molecule has 0 saturated carbocycles. The number of amides is 3. The summed E-state index contributed by atoms with van der Waals surface area (Å²) in [6, 6.07) is 4.48. The fourth-order valence-corrected chi connectivity index (χ4v) is 3.86. The zero-order chi connectivity index (χ0) is 20.0. The van der Waals surface area contributed by atoms with E-state index in [9.17, 15) is 14.4 Å². The van der Waals surface area contributed by atoms with Gasteiger partial charge in [-0.3, -0.25) is 19.1 Å². The number of rotatable bonds is 3. The highest BCUT2D eigenvalue weighted by molar-refractivity contribution is 6.31. The van der Waals surface area contributed by atoms with Gasteiger partial charge in [0.2, 0.25) is 11.8 Å². The van der Waals surface area contributed by atoms with Crippen molar-refractivity contribution in [1.29, 1.82) is 0 Å². The summed E-state index contributed by atoms with van der Waals surface area (Å²) in [4.78, 5) is 39.2. The average molecular weight is 402 g/mol. The molecule has 1 aromatic heterocycles. The second kappa shape index (κ2) is 6.94. The molecule has 28 heavy (non-hydrogen) atoms. The number of fused-ring (bicyclic) bond motifs is 2. The van der Waals surface area contributed by atoms with E-state index in [-0.39, 0.29) is 24.3 Å². The third kappa shape index (κ3) is 3.13. The quantitative estimate of drug-likeness (QED) is 0.825. The van der Waals surface area contributed by atoms with Crippen LogP contribution in [0.15, 0.2) is 18.2 Å². The summed E-state index contributed by atoms with van der Waals surface area (Å²) in [6.45, 7) is 4.15. The molecule has 0 bridgehead atoms. The minimum absolute atomic E-state index is 0.00929. The summed E-state index contributed by atoms with van der Waals surface area (Å²) in [6.07, 6.45) is 1.47. The Bertz CT molecular complexity index is 1000. The predicted molar refractivity (Wildman–Crippen MR) is 104 cm³/mol. The summed E-state index contributed by atoms with van der Waals surface area (Å²) < 4.78 is 1.54. The van der Waals surface area contributed by atoms with Gasteiger partial charge in [0.25, 0.3) is 5.91 Å². The van der Waals surface area contributed by atoms with E-state index < -0.39 is 6.04 Å². The zero-order valence-corrected chi connectivity index (χ0v) is 16.3. The standard InChI is InChI=1S/C19H20ClN5O3/c1-10-17(20)11(2)25(23-10)9-16(26)21-12-5-6-14-13(8-12)19(28)24-7-3-4-15(24)18(27)22-14/h5-6,8,15H,3-4,7,9H2,1-2H3,(H,21,26)(H,22,27)/t15-/m0/s1. The molecule has 2 aliphatic heterocycles. The maximum Gasteiger partial charge on any atom is 0.256 e. The second-order valence-corrected chi connectivity index (χ2v) is 7.47. The summed E-state index contributed by atoms with van der Waals surface area (Å²) >= 11 is 6.12. The van der Waals surface area contributed by atoms with Crippen molar-refractivity contribution in [3.8, 4) is 0 Å². The van der Waals surface area contributed by atoms with Gasteiger partial charge < -0.3 is 15.5 Å². The first-order valence-electron chi connectivity index (χ1n) is 9.10. The number of anilines is 2. The lowest BCUT2D eigenvalue weighted by atomic mass is 10.1. The number of benzene rings is 1. The first kappa shape index (κ1) is 18.5. The van der Waals surface area contributed by atoms with Gasteiger partial charge >= 0.3 is 0 Å². The highest BCUT2D eigenvalue weighted by Gasteiger charge is 2.38.